The first-order valence-electron chi connectivity index (χ1n) is 8.29. The SMILES string of the molecule is CC(CC(=O)N1CC(C(=O)N2CCN(C)CC2)C1)n1cccn1. The molecular formula is C16H25N5O2. The highest BCUT2D eigenvalue weighted by Gasteiger charge is 2.38. The fourth-order valence-electron chi connectivity index (χ4n) is 3.14. The molecule has 1 atom stereocenters. The van der Waals surface area contributed by atoms with Gasteiger partial charge in [0.1, 0.15) is 0 Å². The zero-order valence-electron chi connectivity index (χ0n) is 13.9. The van der Waals surface area contributed by atoms with Crippen LogP contribution in [0.2, 0.25) is 0 Å². The second-order valence-corrected chi connectivity index (χ2v) is 6.66. The molecule has 0 spiro atoms. The van der Waals surface area contributed by atoms with Crippen molar-refractivity contribution in [2.24, 2.45) is 5.92 Å². The molecule has 2 aliphatic rings. The smallest absolute Gasteiger partial charge is 0.229 e. The Labute approximate surface area is 136 Å². The zero-order valence-corrected chi connectivity index (χ0v) is 13.9. The van der Waals surface area contributed by atoms with Gasteiger partial charge in [-0.05, 0) is 20.0 Å². The van der Waals surface area contributed by atoms with Crippen LogP contribution in [0.3, 0.4) is 0 Å². The molecule has 2 aliphatic heterocycles. The van der Waals surface area contributed by atoms with Crippen molar-refractivity contribution in [2.45, 2.75) is 19.4 Å². The molecule has 2 fully saturated rings. The standard InChI is InChI=1S/C16H25N5O2/c1-13(21-5-3-4-17-21)10-15(22)20-11-14(12-20)16(23)19-8-6-18(2)7-9-19/h3-5,13-14H,6-12H2,1-2H3. The minimum atomic E-state index is -0.0117. The maximum atomic E-state index is 12.4. The van der Waals surface area contributed by atoms with E-state index < -0.39 is 0 Å². The van der Waals surface area contributed by atoms with Gasteiger partial charge in [0.05, 0.1) is 12.0 Å². The van der Waals surface area contributed by atoms with Gasteiger partial charge in [-0.1, -0.05) is 0 Å². The van der Waals surface area contributed by atoms with Gasteiger partial charge in [-0.3, -0.25) is 14.3 Å². The molecule has 1 aromatic rings. The minimum Gasteiger partial charge on any atom is -0.341 e. The van der Waals surface area contributed by atoms with Gasteiger partial charge in [-0.2, -0.15) is 5.10 Å². The van der Waals surface area contributed by atoms with Gasteiger partial charge in [0.25, 0.3) is 0 Å². The first-order valence-corrected chi connectivity index (χ1v) is 8.29. The van der Waals surface area contributed by atoms with Crippen molar-refractivity contribution in [1.29, 1.82) is 0 Å². The quantitative estimate of drug-likeness (QED) is 0.788. The zero-order chi connectivity index (χ0) is 16.4. The highest BCUT2D eigenvalue weighted by Crippen LogP contribution is 2.22. The molecule has 23 heavy (non-hydrogen) atoms. The summed E-state index contributed by atoms with van der Waals surface area (Å²) >= 11 is 0. The van der Waals surface area contributed by atoms with Crippen LogP contribution < -0.4 is 0 Å². The molecule has 2 saturated heterocycles. The summed E-state index contributed by atoms with van der Waals surface area (Å²) in [4.78, 5) is 30.7. The predicted octanol–water partition coefficient (Wildman–Crippen LogP) is 0.0666. The summed E-state index contributed by atoms with van der Waals surface area (Å²) in [5.74, 6) is 0.306. The number of amides is 2. The largest absolute Gasteiger partial charge is 0.341 e. The third kappa shape index (κ3) is 3.55. The summed E-state index contributed by atoms with van der Waals surface area (Å²) in [6.45, 7) is 6.58. The van der Waals surface area contributed by atoms with E-state index in [0.717, 1.165) is 26.2 Å². The third-order valence-corrected chi connectivity index (χ3v) is 4.84. The molecule has 0 aromatic carbocycles. The number of piperazine rings is 1. The number of carbonyl (C=O) groups is 2. The van der Waals surface area contributed by atoms with Gasteiger partial charge < -0.3 is 14.7 Å². The molecule has 0 radical (unpaired) electrons. The van der Waals surface area contributed by atoms with Crippen LogP contribution >= 0.6 is 0 Å². The number of hydrogen-bond acceptors (Lipinski definition) is 4. The van der Waals surface area contributed by atoms with Crippen LogP contribution in [0.1, 0.15) is 19.4 Å². The molecular weight excluding hydrogens is 294 g/mol. The summed E-state index contributed by atoms with van der Waals surface area (Å²) in [5, 5.41) is 4.16. The van der Waals surface area contributed by atoms with Crippen LogP contribution in [-0.4, -0.2) is 82.6 Å². The van der Waals surface area contributed by atoms with E-state index in [1.165, 1.54) is 0 Å². The van der Waals surface area contributed by atoms with Crippen LogP contribution in [0.25, 0.3) is 0 Å². The van der Waals surface area contributed by atoms with Crippen LogP contribution in [0.4, 0.5) is 0 Å². The number of aromatic nitrogens is 2. The maximum Gasteiger partial charge on any atom is 0.229 e. The molecule has 0 aliphatic carbocycles. The summed E-state index contributed by atoms with van der Waals surface area (Å²) in [7, 11) is 2.08. The summed E-state index contributed by atoms with van der Waals surface area (Å²) < 4.78 is 1.80. The number of nitrogens with zero attached hydrogens (tertiary/aromatic N) is 5. The average molecular weight is 319 g/mol. The van der Waals surface area contributed by atoms with Gasteiger partial charge in [0.15, 0.2) is 0 Å². The third-order valence-electron chi connectivity index (χ3n) is 4.84. The Bertz CT molecular complexity index is 545. The van der Waals surface area contributed by atoms with E-state index in [9.17, 15) is 9.59 Å². The minimum absolute atomic E-state index is 0.0117. The molecule has 3 heterocycles. The van der Waals surface area contributed by atoms with Crippen molar-refractivity contribution in [3.05, 3.63) is 18.5 Å². The molecule has 7 nitrogen and oxygen atoms in total. The Morgan fingerprint density at radius 2 is 1.87 bits per heavy atom. The van der Waals surface area contributed by atoms with Crippen molar-refractivity contribution in [2.75, 3.05) is 46.3 Å². The van der Waals surface area contributed by atoms with Gasteiger partial charge >= 0.3 is 0 Å². The van der Waals surface area contributed by atoms with E-state index in [2.05, 4.69) is 17.0 Å². The lowest BCUT2D eigenvalue weighted by molar-refractivity contribution is -0.149. The summed E-state index contributed by atoms with van der Waals surface area (Å²) in [6.07, 6.45) is 4.01. The summed E-state index contributed by atoms with van der Waals surface area (Å²) in [5.41, 5.74) is 0. The maximum absolute atomic E-state index is 12.4. The number of rotatable bonds is 4. The van der Waals surface area contributed by atoms with E-state index in [1.807, 2.05) is 24.1 Å². The molecule has 1 unspecified atom stereocenters. The van der Waals surface area contributed by atoms with E-state index in [0.29, 0.717) is 19.5 Å². The Hall–Kier alpha value is -1.89. The van der Waals surface area contributed by atoms with Crippen LogP contribution in [-0.2, 0) is 9.59 Å². The second kappa shape index (κ2) is 6.70. The second-order valence-electron chi connectivity index (χ2n) is 6.66. The first kappa shape index (κ1) is 16.0. The normalized spacial score (nSPS) is 21.1. The lowest BCUT2D eigenvalue weighted by Crippen LogP contribution is -2.58. The van der Waals surface area contributed by atoms with Gasteiger partial charge in [0.2, 0.25) is 11.8 Å². The number of hydrogen-bond donors (Lipinski definition) is 0. The van der Waals surface area contributed by atoms with E-state index >= 15 is 0 Å². The van der Waals surface area contributed by atoms with E-state index in [-0.39, 0.29) is 23.8 Å². The van der Waals surface area contributed by atoms with Crippen molar-refractivity contribution in [3.63, 3.8) is 0 Å². The molecule has 1 aromatic heterocycles. The van der Waals surface area contributed by atoms with Crippen LogP contribution in [0, 0.1) is 5.92 Å². The Kier molecular flexibility index (Phi) is 4.66. The molecule has 0 N–H and O–H groups in total. The Balaban J connectivity index is 1.43. The molecule has 3 rings (SSSR count). The van der Waals surface area contributed by atoms with Gasteiger partial charge in [-0.15, -0.1) is 0 Å². The van der Waals surface area contributed by atoms with Gasteiger partial charge in [0, 0.05) is 58.1 Å². The highest BCUT2D eigenvalue weighted by atomic mass is 16.2. The highest BCUT2D eigenvalue weighted by molar-refractivity contribution is 5.84. The summed E-state index contributed by atoms with van der Waals surface area (Å²) in [6, 6.07) is 1.90. The van der Waals surface area contributed by atoms with Gasteiger partial charge in [-0.25, -0.2) is 0 Å². The molecule has 2 amide bonds. The first-order chi connectivity index (χ1) is 11.0. The topological polar surface area (TPSA) is 61.7 Å². The fourth-order valence-corrected chi connectivity index (χ4v) is 3.14. The lowest BCUT2D eigenvalue weighted by atomic mass is 9.97. The number of likely N-dealkylation sites (N-methyl/N-ethyl adjacent to an activating group) is 1. The van der Waals surface area contributed by atoms with Crippen molar-refractivity contribution in [1.82, 2.24) is 24.5 Å². The van der Waals surface area contributed by atoms with Crippen molar-refractivity contribution in [3.8, 4) is 0 Å². The monoisotopic (exact) mass is 319 g/mol. The number of likely N-dealkylation sites (tertiary alicyclic amines) is 1. The molecule has 7 heteroatoms. The predicted molar refractivity (Wildman–Crippen MR) is 85.7 cm³/mol. The van der Waals surface area contributed by atoms with E-state index in [4.69, 9.17) is 0 Å². The molecule has 126 valence electrons. The Morgan fingerprint density at radius 3 is 2.48 bits per heavy atom. The fraction of sp³-hybridized carbons (Fsp3) is 0.688. The van der Waals surface area contributed by atoms with Crippen LogP contribution in [0.5, 0.6) is 0 Å². The number of carbonyl (C=O) groups excluding carboxylic acids is 2. The van der Waals surface area contributed by atoms with E-state index in [1.54, 1.807) is 15.8 Å². The van der Waals surface area contributed by atoms with Crippen molar-refractivity contribution < 1.29 is 9.59 Å². The lowest BCUT2D eigenvalue weighted by Gasteiger charge is -2.42. The Morgan fingerprint density at radius 1 is 1.17 bits per heavy atom. The molecule has 0 saturated carbocycles. The average Bonchev–Trinajstić information content (AvgIpc) is 3.00. The molecule has 0 bridgehead atoms. The van der Waals surface area contributed by atoms with Crippen LogP contribution in [0.15, 0.2) is 18.5 Å². The van der Waals surface area contributed by atoms with Crippen molar-refractivity contribution >= 4 is 11.8 Å².